The second kappa shape index (κ2) is 8.14. The molecule has 2 aromatic heterocycles. The fraction of sp³-hybridized carbons (Fsp3) is 0.286. The molecule has 1 saturated heterocycles. The number of rotatable bonds is 6. The quantitative estimate of drug-likeness (QED) is 0.731. The molecule has 3 heterocycles. The summed E-state index contributed by atoms with van der Waals surface area (Å²) in [5.74, 6) is 1.04. The van der Waals surface area contributed by atoms with Crippen LogP contribution in [0.3, 0.4) is 0 Å². The molecule has 6 heteroatoms. The molecule has 2 atom stereocenters. The number of amides is 1. The molecule has 1 aliphatic rings. The number of hydrogen-bond donors (Lipinski definition) is 1. The van der Waals surface area contributed by atoms with Crippen LogP contribution in [-0.4, -0.2) is 39.7 Å². The van der Waals surface area contributed by atoms with E-state index >= 15 is 0 Å². The molecule has 0 spiro atoms. The number of carbonyl (C=O) groups excluding carboxylic acids is 1. The Kier molecular flexibility index (Phi) is 5.25. The topological polar surface area (TPSA) is 69.0 Å². The highest BCUT2D eigenvalue weighted by molar-refractivity contribution is 5.77. The first-order valence-electron chi connectivity index (χ1n) is 9.12. The number of nitrogens with zero attached hydrogens (tertiary/aromatic N) is 3. The molecular formula is C21H22N4O2. The van der Waals surface area contributed by atoms with Crippen LogP contribution < -0.4 is 5.32 Å². The highest BCUT2D eigenvalue weighted by atomic mass is 16.5. The highest BCUT2D eigenvalue weighted by Gasteiger charge is 2.29. The fourth-order valence-electron chi connectivity index (χ4n) is 3.47. The molecule has 3 aromatic rings. The molecule has 4 rings (SSSR count). The number of imidazole rings is 1. The summed E-state index contributed by atoms with van der Waals surface area (Å²) < 4.78 is 7.49. The smallest absolute Gasteiger partial charge is 0.240 e. The number of benzene rings is 1. The lowest BCUT2D eigenvalue weighted by atomic mass is 9.95. The van der Waals surface area contributed by atoms with Gasteiger partial charge in [0.15, 0.2) is 0 Å². The van der Waals surface area contributed by atoms with Gasteiger partial charge in [0.05, 0.1) is 19.3 Å². The minimum Gasteiger partial charge on any atom is -0.379 e. The lowest BCUT2D eigenvalue weighted by molar-refractivity contribution is -0.122. The Bertz CT molecular complexity index is 879. The summed E-state index contributed by atoms with van der Waals surface area (Å²) in [4.78, 5) is 21.1. The maximum atomic E-state index is 12.6. The highest BCUT2D eigenvalue weighted by Crippen LogP contribution is 2.20. The lowest BCUT2D eigenvalue weighted by Crippen LogP contribution is -2.42. The van der Waals surface area contributed by atoms with Gasteiger partial charge in [0, 0.05) is 36.3 Å². The monoisotopic (exact) mass is 362 g/mol. The van der Waals surface area contributed by atoms with Crippen molar-refractivity contribution in [1.82, 2.24) is 19.9 Å². The normalized spacial score (nSPS) is 19.1. The van der Waals surface area contributed by atoms with Crippen LogP contribution in [0, 0.1) is 5.92 Å². The number of pyridine rings is 1. The molecule has 138 valence electrons. The van der Waals surface area contributed by atoms with Crippen molar-refractivity contribution in [3.05, 3.63) is 72.8 Å². The average molecular weight is 362 g/mol. The van der Waals surface area contributed by atoms with E-state index in [4.69, 9.17) is 4.74 Å². The van der Waals surface area contributed by atoms with Crippen molar-refractivity contribution >= 4 is 5.91 Å². The molecule has 1 N–H and O–H groups in total. The van der Waals surface area contributed by atoms with Crippen LogP contribution in [0.2, 0.25) is 0 Å². The minimum absolute atomic E-state index is 0.0226. The van der Waals surface area contributed by atoms with Gasteiger partial charge in [0.25, 0.3) is 0 Å². The first kappa shape index (κ1) is 17.4. The molecule has 27 heavy (non-hydrogen) atoms. The van der Waals surface area contributed by atoms with E-state index in [-0.39, 0.29) is 24.4 Å². The van der Waals surface area contributed by atoms with E-state index in [9.17, 15) is 4.79 Å². The van der Waals surface area contributed by atoms with Crippen LogP contribution in [0.15, 0.2) is 67.3 Å². The Morgan fingerprint density at radius 3 is 2.74 bits per heavy atom. The van der Waals surface area contributed by atoms with Gasteiger partial charge in [-0.1, -0.05) is 30.3 Å². The predicted molar refractivity (Wildman–Crippen MR) is 102 cm³/mol. The maximum Gasteiger partial charge on any atom is 0.240 e. The van der Waals surface area contributed by atoms with E-state index in [0.717, 1.165) is 17.8 Å². The first-order chi connectivity index (χ1) is 13.3. The third-order valence-corrected chi connectivity index (χ3v) is 4.85. The van der Waals surface area contributed by atoms with Crippen LogP contribution in [-0.2, 0) is 22.5 Å². The predicted octanol–water partition coefficient (Wildman–Crippen LogP) is 2.32. The summed E-state index contributed by atoms with van der Waals surface area (Å²) in [5.41, 5.74) is 2.20. The molecule has 0 radical (unpaired) electrons. The number of hydrogen-bond acceptors (Lipinski definition) is 4. The Morgan fingerprint density at radius 1 is 1.11 bits per heavy atom. The summed E-state index contributed by atoms with van der Waals surface area (Å²) >= 11 is 0. The zero-order valence-corrected chi connectivity index (χ0v) is 15.0. The van der Waals surface area contributed by atoms with Crippen molar-refractivity contribution in [3.63, 3.8) is 0 Å². The van der Waals surface area contributed by atoms with Crippen molar-refractivity contribution < 1.29 is 9.53 Å². The van der Waals surface area contributed by atoms with Crippen LogP contribution in [0.5, 0.6) is 0 Å². The van der Waals surface area contributed by atoms with Gasteiger partial charge in [-0.25, -0.2) is 4.98 Å². The molecule has 0 aliphatic carbocycles. The largest absolute Gasteiger partial charge is 0.379 e. The SMILES string of the molecule is O=C(Cn1ccnc1-c1ccccc1)N[C@@H]1COC[C@H]1Cc1ccncc1. The molecule has 0 bridgehead atoms. The molecule has 1 fully saturated rings. The van der Waals surface area contributed by atoms with E-state index < -0.39 is 0 Å². The third kappa shape index (κ3) is 4.23. The van der Waals surface area contributed by atoms with Gasteiger partial charge in [0.2, 0.25) is 5.91 Å². The summed E-state index contributed by atoms with van der Waals surface area (Å²) in [5, 5.41) is 3.14. The van der Waals surface area contributed by atoms with Crippen LogP contribution in [0.1, 0.15) is 5.56 Å². The molecular weight excluding hydrogens is 340 g/mol. The van der Waals surface area contributed by atoms with Gasteiger partial charge in [-0.3, -0.25) is 9.78 Å². The lowest BCUT2D eigenvalue weighted by Gasteiger charge is -2.19. The van der Waals surface area contributed by atoms with Gasteiger partial charge < -0.3 is 14.6 Å². The summed E-state index contributed by atoms with van der Waals surface area (Å²) in [6, 6.07) is 13.9. The standard InChI is InChI=1S/C21H22N4O2/c26-20(13-25-11-10-23-21(25)17-4-2-1-3-5-17)24-19-15-27-14-18(19)12-16-6-8-22-9-7-16/h1-11,18-19H,12-15H2,(H,24,26)/t18-,19-/m1/s1. The van der Waals surface area contributed by atoms with Crippen molar-refractivity contribution in [1.29, 1.82) is 0 Å². The molecule has 1 amide bonds. The van der Waals surface area contributed by atoms with Gasteiger partial charge in [-0.15, -0.1) is 0 Å². The summed E-state index contributed by atoms with van der Waals surface area (Å²) in [7, 11) is 0. The van der Waals surface area contributed by atoms with Gasteiger partial charge >= 0.3 is 0 Å². The van der Waals surface area contributed by atoms with Crippen molar-refractivity contribution in [3.8, 4) is 11.4 Å². The zero-order chi connectivity index (χ0) is 18.5. The van der Waals surface area contributed by atoms with Gasteiger partial charge in [0.1, 0.15) is 12.4 Å². The number of nitrogens with one attached hydrogen (secondary N) is 1. The maximum absolute atomic E-state index is 12.6. The van der Waals surface area contributed by atoms with Crippen molar-refractivity contribution in [2.24, 2.45) is 5.92 Å². The molecule has 0 saturated carbocycles. The third-order valence-electron chi connectivity index (χ3n) is 4.85. The molecule has 6 nitrogen and oxygen atoms in total. The van der Waals surface area contributed by atoms with Crippen molar-refractivity contribution in [2.45, 2.75) is 19.0 Å². The number of carbonyl (C=O) groups is 1. The van der Waals surface area contributed by atoms with Gasteiger partial charge in [-0.2, -0.15) is 0 Å². The minimum atomic E-state index is -0.0274. The van der Waals surface area contributed by atoms with Crippen molar-refractivity contribution in [2.75, 3.05) is 13.2 Å². The van der Waals surface area contributed by atoms with Gasteiger partial charge in [-0.05, 0) is 24.1 Å². The van der Waals surface area contributed by atoms with E-state index in [1.54, 1.807) is 18.6 Å². The number of ether oxygens (including phenoxy) is 1. The Labute approximate surface area is 158 Å². The molecule has 1 aromatic carbocycles. The zero-order valence-electron chi connectivity index (χ0n) is 15.0. The van der Waals surface area contributed by atoms with E-state index in [0.29, 0.717) is 13.2 Å². The van der Waals surface area contributed by atoms with Crippen LogP contribution >= 0.6 is 0 Å². The van der Waals surface area contributed by atoms with Crippen LogP contribution in [0.25, 0.3) is 11.4 Å². The second-order valence-corrected chi connectivity index (χ2v) is 6.78. The molecule has 0 unspecified atom stereocenters. The summed E-state index contributed by atoms with van der Waals surface area (Å²) in [6.07, 6.45) is 8.02. The van der Waals surface area contributed by atoms with E-state index in [1.165, 1.54) is 5.56 Å². The summed E-state index contributed by atoms with van der Waals surface area (Å²) in [6.45, 7) is 1.45. The number of aromatic nitrogens is 3. The second-order valence-electron chi connectivity index (χ2n) is 6.78. The fourth-order valence-corrected chi connectivity index (χ4v) is 3.47. The van der Waals surface area contributed by atoms with E-state index in [1.807, 2.05) is 53.2 Å². The Hall–Kier alpha value is -2.99. The van der Waals surface area contributed by atoms with Crippen LogP contribution in [0.4, 0.5) is 0 Å². The average Bonchev–Trinajstić information content (AvgIpc) is 3.33. The Balaban J connectivity index is 1.39. The molecule has 1 aliphatic heterocycles. The first-order valence-corrected chi connectivity index (χ1v) is 9.12. The Morgan fingerprint density at radius 2 is 1.93 bits per heavy atom. The van der Waals surface area contributed by atoms with E-state index in [2.05, 4.69) is 15.3 Å².